The molecule has 172 valence electrons. The number of carbonyl (C=O) groups excluding carboxylic acids is 1. The zero-order valence-electron chi connectivity index (χ0n) is 19.2. The highest BCUT2D eigenvalue weighted by Crippen LogP contribution is 2.30. The molecule has 2 aromatic carbocycles. The fraction of sp³-hybridized carbons (Fsp3) is 0.500. The topological polar surface area (TPSA) is 35.6 Å². The van der Waals surface area contributed by atoms with Crippen molar-refractivity contribution in [1.82, 2.24) is 9.80 Å². The molecule has 2 aromatic rings. The van der Waals surface area contributed by atoms with E-state index in [0.29, 0.717) is 12.6 Å². The third-order valence-corrected chi connectivity index (χ3v) is 6.80. The Balaban J connectivity index is 1.57. The molecule has 1 N–H and O–H groups in total. The largest absolute Gasteiger partial charge is 0.322 e. The van der Waals surface area contributed by atoms with E-state index in [1.54, 1.807) is 0 Å². The van der Waals surface area contributed by atoms with Gasteiger partial charge < -0.3 is 10.2 Å². The summed E-state index contributed by atoms with van der Waals surface area (Å²) in [6.07, 6.45) is 3.89. The van der Waals surface area contributed by atoms with Gasteiger partial charge in [-0.1, -0.05) is 45.0 Å². The Bertz CT molecular complexity index is 955. The predicted octanol–water partition coefficient (Wildman–Crippen LogP) is 5.58. The minimum atomic E-state index is -0.962. The molecule has 2 atom stereocenters. The molecule has 2 saturated heterocycles. The van der Waals surface area contributed by atoms with E-state index in [2.05, 4.69) is 55.3 Å². The summed E-state index contributed by atoms with van der Waals surface area (Å²) < 4.78 is 26.9. The Kier molecular flexibility index (Phi) is 6.52. The molecule has 2 unspecified atom stereocenters. The first kappa shape index (κ1) is 22.7. The second-order valence-electron chi connectivity index (χ2n) is 10.1. The van der Waals surface area contributed by atoms with Crippen molar-refractivity contribution in [3.8, 4) is 0 Å². The average molecular weight is 442 g/mol. The van der Waals surface area contributed by atoms with Crippen LogP contribution in [0.25, 0.3) is 0 Å². The van der Waals surface area contributed by atoms with Gasteiger partial charge in [-0.15, -0.1) is 0 Å². The number of hydrogen-bond donors (Lipinski definition) is 1. The van der Waals surface area contributed by atoms with E-state index in [4.69, 9.17) is 0 Å². The fourth-order valence-electron chi connectivity index (χ4n) is 5.03. The van der Waals surface area contributed by atoms with Crippen molar-refractivity contribution < 1.29 is 13.6 Å². The standard InChI is InChI=1S/C26H33F2N3O/c1-26(2,3)19-9-7-18(8-10-19)16-24-23-6-4-13-30(23)14-5-15-31(24)25(32)29-20-11-12-21(27)22(28)17-20/h7-12,17,23-24H,4-6,13-16H2,1-3H3,(H,29,32). The van der Waals surface area contributed by atoms with Crippen LogP contribution in [0.4, 0.5) is 19.3 Å². The lowest BCUT2D eigenvalue weighted by Crippen LogP contribution is -2.51. The van der Waals surface area contributed by atoms with Crippen molar-refractivity contribution >= 4 is 11.7 Å². The van der Waals surface area contributed by atoms with Crippen molar-refractivity contribution in [3.63, 3.8) is 0 Å². The van der Waals surface area contributed by atoms with E-state index in [-0.39, 0.29) is 23.2 Å². The highest BCUT2D eigenvalue weighted by Gasteiger charge is 2.39. The zero-order valence-corrected chi connectivity index (χ0v) is 19.2. The first-order chi connectivity index (χ1) is 15.2. The molecule has 0 aromatic heterocycles. The van der Waals surface area contributed by atoms with Gasteiger partial charge in [0.05, 0.1) is 6.04 Å². The number of anilines is 1. The summed E-state index contributed by atoms with van der Waals surface area (Å²) in [6, 6.07) is 12.3. The van der Waals surface area contributed by atoms with E-state index in [9.17, 15) is 13.6 Å². The molecule has 0 saturated carbocycles. The van der Waals surface area contributed by atoms with Gasteiger partial charge in [-0.25, -0.2) is 13.6 Å². The highest BCUT2D eigenvalue weighted by atomic mass is 19.2. The quantitative estimate of drug-likeness (QED) is 0.675. The van der Waals surface area contributed by atoms with Gasteiger partial charge in [0.1, 0.15) is 0 Å². The van der Waals surface area contributed by atoms with Crippen molar-refractivity contribution in [2.45, 2.75) is 64.0 Å². The molecule has 4 nitrogen and oxygen atoms in total. The van der Waals surface area contributed by atoms with Gasteiger partial charge in [-0.05, 0) is 60.9 Å². The summed E-state index contributed by atoms with van der Waals surface area (Å²) in [6.45, 7) is 9.31. The van der Waals surface area contributed by atoms with E-state index < -0.39 is 11.6 Å². The minimum absolute atomic E-state index is 0.0331. The van der Waals surface area contributed by atoms with Gasteiger partial charge in [-0.2, -0.15) is 0 Å². The molecular formula is C26H33F2N3O. The van der Waals surface area contributed by atoms with E-state index in [1.807, 2.05) is 4.90 Å². The Hall–Kier alpha value is -2.47. The maximum Gasteiger partial charge on any atom is 0.322 e. The molecule has 0 bridgehead atoms. The van der Waals surface area contributed by atoms with Crippen LogP contribution in [0.2, 0.25) is 0 Å². The molecule has 32 heavy (non-hydrogen) atoms. The Morgan fingerprint density at radius 1 is 1.00 bits per heavy atom. The van der Waals surface area contributed by atoms with Gasteiger partial charge in [0, 0.05) is 30.9 Å². The maximum atomic E-state index is 13.6. The highest BCUT2D eigenvalue weighted by molar-refractivity contribution is 5.89. The number of nitrogens with one attached hydrogen (secondary N) is 1. The van der Waals surface area contributed by atoms with Crippen LogP contribution in [0, 0.1) is 11.6 Å². The van der Waals surface area contributed by atoms with Crippen LogP contribution in [0.1, 0.15) is 51.2 Å². The summed E-state index contributed by atoms with van der Waals surface area (Å²) in [7, 11) is 0. The van der Waals surface area contributed by atoms with Crippen LogP contribution in [-0.4, -0.2) is 47.5 Å². The summed E-state index contributed by atoms with van der Waals surface area (Å²) in [4.78, 5) is 17.7. The summed E-state index contributed by atoms with van der Waals surface area (Å²) >= 11 is 0. The molecule has 2 heterocycles. The molecule has 2 amide bonds. The van der Waals surface area contributed by atoms with Gasteiger partial charge >= 0.3 is 6.03 Å². The average Bonchev–Trinajstić information content (AvgIpc) is 3.14. The lowest BCUT2D eigenvalue weighted by Gasteiger charge is -2.36. The number of urea groups is 1. The van der Waals surface area contributed by atoms with Crippen LogP contribution < -0.4 is 5.32 Å². The van der Waals surface area contributed by atoms with Crippen molar-refractivity contribution in [2.75, 3.05) is 25.0 Å². The lowest BCUT2D eigenvalue weighted by molar-refractivity contribution is 0.153. The monoisotopic (exact) mass is 441 g/mol. The number of nitrogens with zero attached hydrogens (tertiary/aromatic N) is 2. The third-order valence-electron chi connectivity index (χ3n) is 6.80. The number of halogens is 2. The number of benzene rings is 2. The lowest BCUT2D eigenvalue weighted by atomic mass is 9.86. The Morgan fingerprint density at radius 3 is 2.41 bits per heavy atom. The fourth-order valence-corrected chi connectivity index (χ4v) is 5.03. The first-order valence-corrected chi connectivity index (χ1v) is 11.6. The minimum Gasteiger partial charge on any atom is -0.320 e. The van der Waals surface area contributed by atoms with Crippen LogP contribution in [0.15, 0.2) is 42.5 Å². The van der Waals surface area contributed by atoms with Gasteiger partial charge in [-0.3, -0.25) is 4.90 Å². The van der Waals surface area contributed by atoms with Crippen molar-refractivity contribution in [3.05, 3.63) is 65.2 Å². The number of hydrogen-bond acceptors (Lipinski definition) is 2. The maximum absolute atomic E-state index is 13.6. The molecule has 2 aliphatic heterocycles. The third kappa shape index (κ3) is 4.96. The summed E-state index contributed by atoms with van der Waals surface area (Å²) in [5.41, 5.74) is 2.87. The smallest absolute Gasteiger partial charge is 0.320 e. The van der Waals surface area contributed by atoms with E-state index >= 15 is 0 Å². The molecule has 2 fully saturated rings. The molecule has 6 heteroatoms. The zero-order chi connectivity index (χ0) is 22.9. The van der Waals surface area contributed by atoms with Gasteiger partial charge in [0.25, 0.3) is 0 Å². The number of carbonyl (C=O) groups is 1. The van der Waals surface area contributed by atoms with E-state index in [0.717, 1.165) is 50.9 Å². The molecule has 0 aliphatic carbocycles. The van der Waals surface area contributed by atoms with Gasteiger partial charge in [0.2, 0.25) is 0 Å². The molecular weight excluding hydrogens is 408 g/mol. The van der Waals surface area contributed by atoms with Gasteiger partial charge in [0.15, 0.2) is 11.6 Å². The van der Waals surface area contributed by atoms with Crippen LogP contribution in [0.5, 0.6) is 0 Å². The number of fused-ring (bicyclic) bond motifs is 1. The van der Waals surface area contributed by atoms with Crippen LogP contribution in [0.3, 0.4) is 0 Å². The van der Waals surface area contributed by atoms with E-state index in [1.165, 1.54) is 17.2 Å². The number of amides is 2. The summed E-state index contributed by atoms with van der Waals surface area (Å²) in [5, 5.41) is 2.79. The van der Waals surface area contributed by atoms with Crippen molar-refractivity contribution in [1.29, 1.82) is 0 Å². The Morgan fingerprint density at radius 2 is 1.72 bits per heavy atom. The van der Waals surface area contributed by atoms with Crippen LogP contribution in [-0.2, 0) is 11.8 Å². The molecule has 0 spiro atoms. The predicted molar refractivity (Wildman–Crippen MR) is 124 cm³/mol. The Labute approximate surface area is 189 Å². The second kappa shape index (κ2) is 9.18. The molecule has 0 radical (unpaired) electrons. The molecule has 4 rings (SSSR count). The van der Waals surface area contributed by atoms with Crippen molar-refractivity contribution in [2.24, 2.45) is 0 Å². The second-order valence-corrected chi connectivity index (χ2v) is 10.1. The van der Waals surface area contributed by atoms with Crippen LogP contribution >= 0.6 is 0 Å². The SMILES string of the molecule is CC(C)(C)c1ccc(CC2C3CCCN3CCCN2C(=O)Nc2ccc(F)c(F)c2)cc1. The summed E-state index contributed by atoms with van der Waals surface area (Å²) in [5.74, 6) is -1.88. The number of rotatable bonds is 3. The normalized spacial score (nSPS) is 21.8. The first-order valence-electron chi connectivity index (χ1n) is 11.6. The molecule has 2 aliphatic rings.